The Kier molecular flexibility index (Phi) is 5.06. The number of fused-ring (bicyclic) bond motifs is 1. The van der Waals surface area contributed by atoms with Gasteiger partial charge in [0.1, 0.15) is 17.6 Å². The Labute approximate surface area is 163 Å². The Balaban J connectivity index is 1.47. The second kappa shape index (κ2) is 7.96. The third-order valence-corrected chi connectivity index (χ3v) is 4.65. The molecule has 140 valence electrons. The lowest BCUT2D eigenvalue weighted by molar-refractivity contribution is -0.123. The van der Waals surface area contributed by atoms with Gasteiger partial charge >= 0.3 is 0 Å². The van der Waals surface area contributed by atoms with Crippen molar-refractivity contribution in [2.45, 2.75) is 6.04 Å². The van der Waals surface area contributed by atoms with Crippen molar-refractivity contribution in [2.24, 2.45) is 7.05 Å². The highest BCUT2D eigenvalue weighted by molar-refractivity contribution is 5.84. The molecule has 1 aromatic heterocycles. The fourth-order valence-corrected chi connectivity index (χ4v) is 3.21. The lowest BCUT2D eigenvalue weighted by atomic mass is 10.1. The number of carbonyl (C=O) groups is 1. The Morgan fingerprint density at radius 3 is 2.54 bits per heavy atom. The minimum atomic E-state index is -0.339. The number of imidazole rings is 1. The van der Waals surface area contributed by atoms with Gasteiger partial charge in [0.25, 0.3) is 5.91 Å². The maximum absolute atomic E-state index is 12.6. The van der Waals surface area contributed by atoms with Gasteiger partial charge in [-0.15, -0.1) is 0 Å². The van der Waals surface area contributed by atoms with Crippen LogP contribution in [-0.4, -0.2) is 22.1 Å². The monoisotopic (exact) mass is 371 g/mol. The number of nitrogens with zero attached hydrogens (tertiary/aromatic N) is 2. The van der Waals surface area contributed by atoms with Crippen LogP contribution in [0.5, 0.6) is 5.75 Å². The molecule has 5 nitrogen and oxygen atoms in total. The van der Waals surface area contributed by atoms with Crippen molar-refractivity contribution in [1.29, 1.82) is 0 Å². The average molecular weight is 371 g/mol. The highest BCUT2D eigenvalue weighted by Crippen LogP contribution is 2.22. The summed E-state index contributed by atoms with van der Waals surface area (Å²) in [7, 11) is 1.91. The normalized spacial score (nSPS) is 11.9. The van der Waals surface area contributed by atoms with Crippen molar-refractivity contribution in [3.63, 3.8) is 0 Å². The van der Waals surface area contributed by atoms with Crippen LogP contribution in [0.2, 0.25) is 0 Å². The number of benzene rings is 3. The molecule has 0 aliphatic rings. The van der Waals surface area contributed by atoms with Crippen molar-refractivity contribution in [1.82, 2.24) is 14.9 Å². The Hall–Kier alpha value is -3.60. The predicted molar refractivity (Wildman–Crippen MR) is 109 cm³/mol. The molecule has 0 aliphatic heterocycles. The van der Waals surface area contributed by atoms with E-state index < -0.39 is 0 Å². The minimum Gasteiger partial charge on any atom is -0.484 e. The van der Waals surface area contributed by atoms with Gasteiger partial charge < -0.3 is 14.6 Å². The van der Waals surface area contributed by atoms with Gasteiger partial charge in [-0.25, -0.2) is 4.98 Å². The van der Waals surface area contributed by atoms with Crippen molar-refractivity contribution < 1.29 is 9.53 Å². The molecule has 0 bridgehead atoms. The zero-order chi connectivity index (χ0) is 19.3. The largest absolute Gasteiger partial charge is 0.484 e. The molecular weight excluding hydrogens is 350 g/mol. The van der Waals surface area contributed by atoms with Gasteiger partial charge in [0.2, 0.25) is 0 Å². The molecule has 0 unspecified atom stereocenters. The van der Waals surface area contributed by atoms with Gasteiger partial charge in [-0.3, -0.25) is 4.79 Å². The highest BCUT2D eigenvalue weighted by atomic mass is 16.5. The number of amides is 1. The Morgan fingerprint density at radius 2 is 1.79 bits per heavy atom. The summed E-state index contributed by atoms with van der Waals surface area (Å²) in [6, 6.07) is 23.3. The van der Waals surface area contributed by atoms with E-state index in [1.807, 2.05) is 90.6 Å². The standard InChI is InChI=1S/C23H21N3O2/c1-26-14-13-24-23(26)22(18-8-3-2-4-9-18)25-21(27)16-28-20-12-11-17-7-5-6-10-19(17)15-20/h2-15,22H,16H2,1H3,(H,25,27)/t22-/m0/s1. The molecule has 5 heteroatoms. The molecule has 1 atom stereocenters. The van der Waals surface area contributed by atoms with E-state index in [1.165, 1.54) is 0 Å². The van der Waals surface area contributed by atoms with Crippen LogP contribution in [0.1, 0.15) is 17.4 Å². The number of aryl methyl sites for hydroxylation is 1. The molecule has 1 heterocycles. The molecule has 0 saturated carbocycles. The van der Waals surface area contributed by atoms with Crippen molar-refractivity contribution >= 4 is 16.7 Å². The number of carbonyl (C=O) groups excluding carboxylic acids is 1. The van der Waals surface area contributed by atoms with E-state index in [-0.39, 0.29) is 18.6 Å². The summed E-state index contributed by atoms with van der Waals surface area (Å²) in [5, 5.41) is 5.25. The van der Waals surface area contributed by atoms with Gasteiger partial charge in [-0.05, 0) is 28.5 Å². The van der Waals surface area contributed by atoms with Crippen LogP contribution < -0.4 is 10.1 Å². The third kappa shape index (κ3) is 3.88. The van der Waals surface area contributed by atoms with Gasteiger partial charge in [0.15, 0.2) is 6.61 Å². The first-order valence-electron chi connectivity index (χ1n) is 9.14. The zero-order valence-electron chi connectivity index (χ0n) is 15.6. The van der Waals surface area contributed by atoms with Crippen molar-refractivity contribution in [3.05, 3.63) is 96.6 Å². The summed E-state index contributed by atoms with van der Waals surface area (Å²) < 4.78 is 7.63. The van der Waals surface area contributed by atoms with Gasteiger partial charge in [0, 0.05) is 19.4 Å². The molecule has 4 aromatic rings. The molecule has 0 aliphatic carbocycles. The van der Waals surface area contributed by atoms with Crippen LogP contribution in [0.15, 0.2) is 85.2 Å². The number of ether oxygens (including phenoxy) is 1. The highest BCUT2D eigenvalue weighted by Gasteiger charge is 2.20. The maximum Gasteiger partial charge on any atom is 0.258 e. The first kappa shape index (κ1) is 17.8. The quantitative estimate of drug-likeness (QED) is 0.560. The van der Waals surface area contributed by atoms with Crippen LogP contribution in [0.4, 0.5) is 0 Å². The van der Waals surface area contributed by atoms with Gasteiger partial charge in [-0.1, -0.05) is 60.7 Å². The summed E-state index contributed by atoms with van der Waals surface area (Å²) in [4.78, 5) is 17.0. The SMILES string of the molecule is Cn1ccnc1[C@@H](NC(=O)COc1ccc2ccccc2c1)c1ccccc1. The van der Waals surface area contributed by atoms with Gasteiger partial charge in [-0.2, -0.15) is 0 Å². The smallest absolute Gasteiger partial charge is 0.258 e. The van der Waals surface area contributed by atoms with Crippen LogP contribution in [0.25, 0.3) is 10.8 Å². The zero-order valence-corrected chi connectivity index (χ0v) is 15.6. The van der Waals surface area contributed by atoms with E-state index in [0.717, 1.165) is 22.2 Å². The first-order chi connectivity index (χ1) is 13.7. The van der Waals surface area contributed by atoms with Crippen LogP contribution in [-0.2, 0) is 11.8 Å². The molecule has 28 heavy (non-hydrogen) atoms. The number of rotatable bonds is 6. The minimum absolute atomic E-state index is 0.0634. The molecule has 0 saturated heterocycles. The third-order valence-electron chi connectivity index (χ3n) is 4.65. The average Bonchev–Trinajstić information content (AvgIpc) is 3.16. The summed E-state index contributed by atoms with van der Waals surface area (Å²) in [5.41, 5.74) is 0.968. The van der Waals surface area contributed by atoms with Crippen molar-refractivity contribution in [2.75, 3.05) is 6.61 Å². The van der Waals surface area contributed by atoms with E-state index in [2.05, 4.69) is 10.3 Å². The van der Waals surface area contributed by atoms with E-state index in [9.17, 15) is 4.79 Å². The van der Waals surface area contributed by atoms with E-state index >= 15 is 0 Å². The summed E-state index contributed by atoms with van der Waals surface area (Å²) >= 11 is 0. The lowest BCUT2D eigenvalue weighted by Gasteiger charge is -2.19. The fourth-order valence-electron chi connectivity index (χ4n) is 3.21. The molecule has 3 aromatic carbocycles. The maximum atomic E-state index is 12.6. The van der Waals surface area contributed by atoms with Crippen LogP contribution >= 0.6 is 0 Å². The van der Waals surface area contributed by atoms with E-state index in [0.29, 0.717) is 5.75 Å². The predicted octanol–water partition coefficient (Wildman–Crippen LogP) is 3.86. The molecule has 1 N–H and O–H groups in total. The molecule has 0 fully saturated rings. The van der Waals surface area contributed by atoms with E-state index in [1.54, 1.807) is 6.20 Å². The number of aromatic nitrogens is 2. The second-order valence-electron chi connectivity index (χ2n) is 6.61. The van der Waals surface area contributed by atoms with Crippen LogP contribution in [0, 0.1) is 0 Å². The number of nitrogens with one attached hydrogen (secondary N) is 1. The van der Waals surface area contributed by atoms with E-state index in [4.69, 9.17) is 4.74 Å². The van der Waals surface area contributed by atoms with Crippen molar-refractivity contribution in [3.8, 4) is 5.75 Å². The summed E-state index contributed by atoms with van der Waals surface area (Å²) in [6.45, 7) is -0.0634. The molecule has 0 spiro atoms. The molecule has 4 rings (SSSR count). The molecular formula is C23H21N3O2. The first-order valence-corrected chi connectivity index (χ1v) is 9.14. The Bertz CT molecular complexity index is 1090. The lowest BCUT2D eigenvalue weighted by Crippen LogP contribution is -2.34. The molecule has 1 amide bonds. The number of hydrogen-bond donors (Lipinski definition) is 1. The molecule has 0 radical (unpaired) electrons. The Morgan fingerprint density at radius 1 is 1.04 bits per heavy atom. The topological polar surface area (TPSA) is 56.2 Å². The second-order valence-corrected chi connectivity index (χ2v) is 6.61. The van der Waals surface area contributed by atoms with Gasteiger partial charge in [0.05, 0.1) is 0 Å². The fraction of sp³-hybridized carbons (Fsp3) is 0.130. The van der Waals surface area contributed by atoms with Crippen LogP contribution in [0.3, 0.4) is 0 Å². The summed E-state index contributed by atoms with van der Waals surface area (Å²) in [5.74, 6) is 1.23. The summed E-state index contributed by atoms with van der Waals surface area (Å²) in [6.07, 6.45) is 3.59. The number of hydrogen-bond acceptors (Lipinski definition) is 3.